The summed E-state index contributed by atoms with van der Waals surface area (Å²) in [5.41, 5.74) is -0.243. The molecule has 1 aliphatic heterocycles. The summed E-state index contributed by atoms with van der Waals surface area (Å²) >= 11 is 5.83. The second-order valence-corrected chi connectivity index (χ2v) is 9.95. The number of hydrogen-bond acceptors (Lipinski definition) is 4. The van der Waals surface area contributed by atoms with E-state index in [1.165, 1.54) is 18.2 Å². The van der Waals surface area contributed by atoms with E-state index in [2.05, 4.69) is 15.3 Å². The van der Waals surface area contributed by atoms with Gasteiger partial charge in [-0.2, -0.15) is 0 Å². The molecule has 1 fully saturated rings. The summed E-state index contributed by atoms with van der Waals surface area (Å²) < 4.78 is 29.3. The molecule has 0 radical (unpaired) electrons. The standard InChI is InChI=1S/C19H25B4ClF2N4O/c1-11-7-27-16(28-8-11)19(22,23)29-10-17(26)4-5-30(18(20,21)9-17)15(31)12-2-3-14(25)13(24)6-12/h2-3,6-8,29H,4-5,9-10,20-23H2,1H3. The summed E-state index contributed by atoms with van der Waals surface area (Å²) in [6.07, 6.45) is 3.84. The number of likely N-dealkylation sites (tertiary alicyclic amines) is 1. The number of piperidine rings is 1. The van der Waals surface area contributed by atoms with Crippen molar-refractivity contribution in [1.82, 2.24) is 20.2 Å². The highest BCUT2D eigenvalue weighted by Gasteiger charge is 2.46. The van der Waals surface area contributed by atoms with Gasteiger partial charge in [0.25, 0.3) is 5.91 Å². The molecule has 1 unspecified atom stereocenters. The number of carbonyl (C=O) groups is 1. The van der Waals surface area contributed by atoms with Crippen LogP contribution in [0.15, 0.2) is 30.6 Å². The summed E-state index contributed by atoms with van der Waals surface area (Å²) in [6.45, 7) is 2.28. The van der Waals surface area contributed by atoms with E-state index in [9.17, 15) is 9.18 Å². The second-order valence-electron chi connectivity index (χ2n) is 9.54. The Kier molecular flexibility index (Phi) is 6.59. The molecule has 0 saturated carbocycles. The molecule has 1 aromatic heterocycles. The van der Waals surface area contributed by atoms with Crippen molar-refractivity contribution >= 4 is 48.9 Å². The number of nitrogens with one attached hydrogen (secondary N) is 1. The molecule has 0 bridgehead atoms. The van der Waals surface area contributed by atoms with Crippen LogP contribution in [0.25, 0.3) is 0 Å². The zero-order valence-corrected chi connectivity index (χ0v) is 19.4. The van der Waals surface area contributed by atoms with Crippen molar-refractivity contribution in [2.75, 3.05) is 13.1 Å². The number of halogens is 3. The minimum absolute atomic E-state index is 0.106. The molecule has 12 heteroatoms. The number of amides is 1. The fourth-order valence-corrected chi connectivity index (χ4v) is 4.24. The lowest BCUT2D eigenvalue weighted by Crippen LogP contribution is -2.64. The molecule has 1 aromatic carbocycles. The van der Waals surface area contributed by atoms with Crippen LogP contribution in [0.3, 0.4) is 0 Å². The van der Waals surface area contributed by atoms with Gasteiger partial charge in [0, 0.05) is 42.8 Å². The molecule has 5 nitrogen and oxygen atoms in total. The summed E-state index contributed by atoms with van der Waals surface area (Å²) in [5.74, 6) is -0.262. The van der Waals surface area contributed by atoms with Crippen molar-refractivity contribution in [3.8, 4) is 0 Å². The van der Waals surface area contributed by atoms with Gasteiger partial charge in [0.05, 0.1) is 5.02 Å². The minimum atomic E-state index is -1.50. The van der Waals surface area contributed by atoms with E-state index in [1.54, 1.807) is 17.3 Å². The van der Waals surface area contributed by atoms with Gasteiger partial charge in [-0.25, -0.2) is 18.7 Å². The normalized spacial score (nSPS) is 21.1. The number of hydrogen-bond donors (Lipinski definition) is 1. The second kappa shape index (κ2) is 8.58. The summed E-state index contributed by atoms with van der Waals surface area (Å²) in [4.78, 5) is 23.4. The number of benzene rings is 1. The molecular weight excluding hydrogens is 417 g/mol. The van der Waals surface area contributed by atoms with Crippen molar-refractivity contribution < 1.29 is 13.6 Å². The minimum Gasteiger partial charge on any atom is -0.349 e. The maximum absolute atomic E-state index is 15.8. The molecule has 1 N–H and O–H groups in total. The third-order valence-electron chi connectivity index (χ3n) is 5.86. The van der Waals surface area contributed by atoms with Crippen molar-refractivity contribution in [1.29, 1.82) is 0 Å². The molecule has 1 saturated heterocycles. The zero-order valence-electron chi connectivity index (χ0n) is 18.6. The monoisotopic (exact) mass is 442 g/mol. The third-order valence-corrected chi connectivity index (χ3v) is 6.15. The van der Waals surface area contributed by atoms with Crippen LogP contribution in [-0.2, 0) is 5.34 Å². The maximum atomic E-state index is 15.8. The predicted molar refractivity (Wildman–Crippen MR) is 129 cm³/mol. The van der Waals surface area contributed by atoms with E-state index >= 15 is 4.39 Å². The SMILES string of the molecule is BC(B)(NCC1(F)CCN(C(=O)c2ccc(F)c(Cl)c2)C(B)(B)C1)c1ncc(C)cn1. The lowest BCUT2D eigenvalue weighted by Gasteiger charge is -2.49. The Morgan fingerprint density at radius 2 is 1.97 bits per heavy atom. The topological polar surface area (TPSA) is 58.1 Å². The lowest BCUT2D eigenvalue weighted by atomic mass is 9.54. The number of nitrogens with zero attached hydrogens (tertiary/aromatic N) is 3. The number of aromatic nitrogens is 2. The average Bonchev–Trinajstić information content (AvgIpc) is 2.68. The van der Waals surface area contributed by atoms with Gasteiger partial charge in [-0.1, -0.05) is 11.6 Å². The Labute approximate surface area is 190 Å². The van der Waals surface area contributed by atoms with Gasteiger partial charge in [-0.15, -0.1) is 0 Å². The van der Waals surface area contributed by atoms with E-state index in [0.29, 0.717) is 11.4 Å². The first-order chi connectivity index (χ1) is 14.3. The van der Waals surface area contributed by atoms with E-state index in [0.717, 1.165) is 5.56 Å². The molecule has 3 rings (SSSR count). The van der Waals surface area contributed by atoms with Gasteiger partial charge in [-0.3, -0.25) is 4.79 Å². The Morgan fingerprint density at radius 1 is 1.32 bits per heavy atom. The number of alkyl halides is 1. The molecule has 160 valence electrons. The van der Waals surface area contributed by atoms with Crippen molar-refractivity contribution in [2.45, 2.75) is 36.1 Å². The van der Waals surface area contributed by atoms with Crippen LogP contribution in [0, 0.1) is 12.7 Å². The smallest absolute Gasteiger partial charge is 0.253 e. The van der Waals surface area contributed by atoms with Crippen LogP contribution in [-0.4, -0.2) is 76.3 Å². The van der Waals surface area contributed by atoms with Crippen molar-refractivity contribution in [3.63, 3.8) is 0 Å². The molecule has 1 atom stereocenters. The van der Waals surface area contributed by atoms with Gasteiger partial charge in [-0.05, 0) is 42.4 Å². The zero-order chi connectivity index (χ0) is 23.0. The lowest BCUT2D eigenvalue weighted by molar-refractivity contribution is 0.0245. The largest absolute Gasteiger partial charge is 0.349 e. The Hall–Kier alpha value is -1.86. The van der Waals surface area contributed by atoms with Crippen LogP contribution in [0.2, 0.25) is 5.02 Å². The van der Waals surface area contributed by atoms with E-state index in [1.807, 2.05) is 38.3 Å². The molecule has 2 aromatic rings. The summed E-state index contributed by atoms with van der Waals surface area (Å²) in [7, 11) is 7.53. The van der Waals surface area contributed by atoms with Gasteiger partial charge >= 0.3 is 0 Å². The number of rotatable bonds is 5. The molecular formula is C19H25B4ClF2N4O. The fourth-order valence-electron chi connectivity index (χ4n) is 4.06. The van der Waals surface area contributed by atoms with E-state index in [4.69, 9.17) is 11.6 Å². The van der Waals surface area contributed by atoms with Crippen molar-refractivity contribution in [3.05, 3.63) is 58.4 Å². The molecule has 2 heterocycles. The molecule has 1 amide bonds. The van der Waals surface area contributed by atoms with Gasteiger partial charge < -0.3 is 10.2 Å². The van der Waals surface area contributed by atoms with E-state index < -0.39 is 22.2 Å². The van der Waals surface area contributed by atoms with E-state index in [-0.39, 0.29) is 36.9 Å². The van der Waals surface area contributed by atoms with Gasteiger partial charge in [0.1, 0.15) is 48.7 Å². The predicted octanol–water partition coefficient (Wildman–Crippen LogP) is -0.892. The Bertz CT molecular complexity index is 980. The van der Waals surface area contributed by atoms with Crippen LogP contribution < -0.4 is 5.32 Å². The highest BCUT2D eigenvalue weighted by Crippen LogP contribution is 2.35. The first-order valence-corrected chi connectivity index (χ1v) is 10.7. The van der Waals surface area contributed by atoms with Crippen LogP contribution >= 0.6 is 11.6 Å². The molecule has 0 aliphatic carbocycles. The van der Waals surface area contributed by atoms with Gasteiger partial charge in [0.15, 0.2) is 0 Å². The summed E-state index contributed by atoms with van der Waals surface area (Å²) in [5, 5.41) is 1.84. The van der Waals surface area contributed by atoms with Crippen LogP contribution in [0.1, 0.15) is 34.6 Å². The highest BCUT2D eigenvalue weighted by molar-refractivity contribution is 6.41. The number of aryl methyl sites for hydroxylation is 1. The van der Waals surface area contributed by atoms with Crippen LogP contribution in [0.5, 0.6) is 0 Å². The summed E-state index contributed by atoms with van der Waals surface area (Å²) in [6, 6.07) is 3.89. The first-order valence-electron chi connectivity index (χ1n) is 10.3. The molecule has 31 heavy (non-hydrogen) atoms. The van der Waals surface area contributed by atoms with Gasteiger partial charge in [0.2, 0.25) is 0 Å². The maximum Gasteiger partial charge on any atom is 0.253 e. The third kappa shape index (κ3) is 5.32. The number of carbonyl (C=O) groups excluding carboxylic acids is 1. The average molecular weight is 442 g/mol. The van der Waals surface area contributed by atoms with Crippen LogP contribution in [0.4, 0.5) is 8.78 Å². The quantitative estimate of drug-likeness (QED) is 0.611. The van der Waals surface area contributed by atoms with Crippen molar-refractivity contribution in [2.24, 2.45) is 0 Å². The first kappa shape index (κ1) is 23.8. The molecule has 0 spiro atoms. The molecule has 1 aliphatic rings. The Morgan fingerprint density at radius 3 is 2.55 bits per heavy atom. The highest BCUT2D eigenvalue weighted by atomic mass is 35.5. The Balaban J connectivity index is 1.70. The fraction of sp³-hybridized carbons (Fsp3) is 0.421.